The molecule has 512 valence electrons. The van der Waals surface area contributed by atoms with Crippen molar-refractivity contribution in [3.05, 3.63) is 138 Å². The van der Waals surface area contributed by atoms with E-state index in [-0.39, 0.29) is 111 Å². The number of likely N-dealkylation sites (N-methyl/N-ethyl adjacent to an activating group) is 1. The van der Waals surface area contributed by atoms with Gasteiger partial charge in [-0.3, -0.25) is 33.3 Å². The average molecular weight is 1310 g/mol. The van der Waals surface area contributed by atoms with Gasteiger partial charge in [0, 0.05) is 98.8 Å². The van der Waals surface area contributed by atoms with Crippen LogP contribution in [0.25, 0.3) is 21.3 Å². The molecule has 2 atom stereocenters. The second kappa shape index (κ2) is 36.4. The molecule has 4 aliphatic rings. The number of fused-ring (bicyclic) bond motifs is 1. The summed E-state index contributed by atoms with van der Waals surface area (Å²) < 4.78 is 23.3. The van der Waals surface area contributed by atoms with Crippen LogP contribution in [0.2, 0.25) is 0 Å². The first-order chi connectivity index (χ1) is 46.1. The third-order valence-corrected chi connectivity index (χ3v) is 18.2. The fraction of sp³-hybridized carbons (Fsp3) is 0.543. The van der Waals surface area contributed by atoms with Gasteiger partial charge in [0.15, 0.2) is 6.61 Å². The Bertz CT molecular complexity index is 3450. The summed E-state index contributed by atoms with van der Waals surface area (Å²) in [4.78, 5) is 112. The molecule has 1 aliphatic heterocycles. The summed E-state index contributed by atoms with van der Waals surface area (Å²) in [6.45, 7) is 2.54. The second-order valence-corrected chi connectivity index (χ2v) is 25.0. The van der Waals surface area contributed by atoms with Gasteiger partial charge < -0.3 is 66.9 Å². The van der Waals surface area contributed by atoms with Crippen molar-refractivity contribution in [3.8, 4) is 5.75 Å². The average Bonchev–Trinajstić information content (AvgIpc) is 0.953. The number of hydrogen-bond acceptors (Lipinski definition) is 16. The molecule has 2 bridgehead atoms. The van der Waals surface area contributed by atoms with E-state index in [9.17, 15) is 43.9 Å². The van der Waals surface area contributed by atoms with Crippen molar-refractivity contribution >= 4 is 63.4 Å². The number of carbonyl (C=O) groups is 6. The van der Waals surface area contributed by atoms with Crippen LogP contribution in [0.4, 0.5) is 17.1 Å². The first-order valence-corrected chi connectivity index (χ1v) is 33.8. The van der Waals surface area contributed by atoms with Gasteiger partial charge in [-0.15, -0.1) is 0 Å². The van der Waals surface area contributed by atoms with Crippen molar-refractivity contribution < 1.29 is 47.4 Å². The van der Waals surface area contributed by atoms with Crippen LogP contribution in [-0.4, -0.2) is 141 Å². The van der Waals surface area contributed by atoms with E-state index < -0.39 is 41.4 Å². The number of amides is 6. The lowest BCUT2D eigenvalue weighted by atomic mass is 9.51. The Morgan fingerprint density at radius 2 is 1.14 bits per heavy atom. The molecule has 1 aromatic heterocycles. The molecular weight excluding hydrogens is 1210 g/mol. The topological polar surface area (TPSA) is 364 Å². The number of nitrogens with one attached hydrogen (secondary N) is 4. The highest BCUT2D eigenvalue weighted by atomic mass is 16.5. The zero-order valence-electron chi connectivity index (χ0n) is 55.1. The summed E-state index contributed by atoms with van der Waals surface area (Å²) in [6.07, 6.45) is 15.6. The molecule has 25 heteroatoms. The quantitative estimate of drug-likeness (QED) is 0.00841. The number of aromatic nitrogens is 1. The fourth-order valence-electron chi connectivity index (χ4n) is 13.3. The minimum absolute atomic E-state index is 0.00283. The predicted molar refractivity (Wildman–Crippen MR) is 364 cm³/mol. The van der Waals surface area contributed by atoms with Gasteiger partial charge in [-0.25, -0.2) is 9.59 Å². The third-order valence-electron chi connectivity index (χ3n) is 18.2. The molecule has 0 saturated carbocycles. The minimum Gasteiger partial charge on any atom is -0.484 e. The molecule has 6 amide bonds. The lowest BCUT2D eigenvalue weighted by Crippen LogP contribution is -2.48. The van der Waals surface area contributed by atoms with Crippen LogP contribution >= 0.6 is 0 Å². The Labute approximate surface area is 554 Å². The standard InChI is InChI=1S/C70H95N13O12/c1-81(67(89)60-43-50(79-80-74)45-83(60)65(88)46-94-51-24-28-55-59(44-51)82(2)69(91)95-68(55)90)35-37-93-39-38-92-36-34-75-61(84)29-30-70-56-40-47(76-62(85)18-12-6-3-9-15-31-71)21-25-52(56)66(53-26-22-48(41-57(53)70)77-63(86)19-13-7-4-10-16-32-72)54-27-23-49(42-58(54)70)78-64(87)20-14-8-5-11-17-33-73/h21-28,40-42,44,50,60,66H,3-20,29-39,43,45-46,71-73H2,1-2H3,(H,75,84)(H,76,85)(H,77,86)(H,78,87)/t50-,60-,66?,70?/m0/s1. The Balaban J connectivity index is 0.906. The number of unbranched alkanes of at least 4 members (excludes halogenated alkanes) is 12. The third kappa shape index (κ3) is 19.4. The van der Waals surface area contributed by atoms with Crippen molar-refractivity contribution in [2.45, 2.75) is 158 Å². The van der Waals surface area contributed by atoms with Gasteiger partial charge in [0.05, 0.1) is 43.4 Å². The van der Waals surface area contributed by atoms with Crippen molar-refractivity contribution in [2.24, 2.45) is 29.4 Å². The maximum Gasteiger partial charge on any atom is 0.422 e. The van der Waals surface area contributed by atoms with Crippen LogP contribution < -0.4 is 54.6 Å². The summed E-state index contributed by atoms with van der Waals surface area (Å²) in [6, 6.07) is 21.0. The Kier molecular flexibility index (Phi) is 27.8. The van der Waals surface area contributed by atoms with Gasteiger partial charge in [-0.05, 0) is 158 Å². The number of carbonyl (C=O) groups excluding carboxylic acids is 6. The predicted octanol–water partition coefficient (Wildman–Crippen LogP) is 8.09. The number of likely N-dealkylation sites (tertiary alicyclic amines) is 1. The van der Waals surface area contributed by atoms with E-state index in [0.717, 1.165) is 134 Å². The van der Waals surface area contributed by atoms with Crippen LogP contribution in [0, 0.1) is 0 Å². The van der Waals surface area contributed by atoms with Crippen LogP contribution in [0.1, 0.15) is 174 Å². The van der Waals surface area contributed by atoms with Crippen LogP contribution in [0.3, 0.4) is 0 Å². The maximum absolute atomic E-state index is 14.3. The summed E-state index contributed by atoms with van der Waals surface area (Å²) in [5, 5.41) is 16.5. The Morgan fingerprint density at radius 3 is 1.64 bits per heavy atom. The molecule has 95 heavy (non-hydrogen) atoms. The van der Waals surface area contributed by atoms with Crippen LogP contribution in [-0.2, 0) is 50.7 Å². The molecule has 0 radical (unpaired) electrons. The normalized spacial score (nSPS) is 16.5. The monoisotopic (exact) mass is 1310 g/mol. The van der Waals surface area contributed by atoms with E-state index in [1.54, 1.807) is 7.05 Å². The van der Waals surface area contributed by atoms with Crippen molar-refractivity contribution in [1.82, 2.24) is 19.7 Å². The number of anilines is 3. The second-order valence-electron chi connectivity index (χ2n) is 25.0. The van der Waals surface area contributed by atoms with Crippen molar-refractivity contribution in [3.63, 3.8) is 0 Å². The Morgan fingerprint density at radius 1 is 0.642 bits per heavy atom. The summed E-state index contributed by atoms with van der Waals surface area (Å²) >= 11 is 0. The zero-order chi connectivity index (χ0) is 67.7. The molecule has 4 aromatic carbocycles. The molecule has 1 fully saturated rings. The molecular formula is C70H95N13O12. The molecule has 0 spiro atoms. The summed E-state index contributed by atoms with van der Waals surface area (Å²) in [7, 11) is 3.02. The minimum atomic E-state index is -0.986. The summed E-state index contributed by atoms with van der Waals surface area (Å²) in [5.74, 6) is -2.29. The van der Waals surface area contributed by atoms with Gasteiger partial charge in [-0.1, -0.05) is 81.1 Å². The highest BCUT2D eigenvalue weighted by Crippen LogP contribution is 2.62. The molecule has 10 N–H and O–H groups in total. The highest BCUT2D eigenvalue weighted by molar-refractivity contribution is 5.94. The van der Waals surface area contributed by atoms with Gasteiger partial charge in [-0.2, -0.15) is 0 Å². The van der Waals surface area contributed by atoms with Crippen LogP contribution in [0.5, 0.6) is 5.75 Å². The van der Waals surface area contributed by atoms with Crippen molar-refractivity contribution in [2.75, 3.05) is 95.3 Å². The number of azide groups is 1. The SMILES string of the molecule is CN(CCOCCOCCNC(=O)CCC12c3cc(NC(=O)CCCCCCCN)ccc3C(c3ccc(NC(=O)CCCCCCCN)cc31)c1ccc(NC(=O)CCCCCCCN)cc12)C(=O)[C@@H]1C[C@H](N=[N+]=[N-])CN1C(=O)COc1ccc2c(=O)oc(=O)n(C)c2c1. The molecule has 3 aliphatic carbocycles. The van der Waals surface area contributed by atoms with Gasteiger partial charge >= 0.3 is 11.4 Å². The van der Waals surface area contributed by atoms with E-state index in [2.05, 4.69) is 49.5 Å². The van der Waals surface area contributed by atoms with E-state index >= 15 is 0 Å². The molecule has 25 nitrogen and oxygen atoms in total. The molecule has 0 unspecified atom stereocenters. The zero-order valence-corrected chi connectivity index (χ0v) is 55.1. The van der Waals surface area contributed by atoms with Crippen molar-refractivity contribution in [1.29, 1.82) is 0 Å². The number of hydrogen-bond donors (Lipinski definition) is 7. The first-order valence-electron chi connectivity index (χ1n) is 33.8. The van der Waals surface area contributed by atoms with Gasteiger partial charge in [0.25, 0.3) is 5.91 Å². The highest BCUT2D eigenvalue weighted by Gasteiger charge is 2.52. The molecule has 5 aromatic rings. The number of ether oxygens (including phenoxy) is 3. The lowest BCUT2D eigenvalue weighted by molar-refractivity contribution is -0.144. The molecule has 9 rings (SSSR count). The van der Waals surface area contributed by atoms with E-state index in [4.69, 9.17) is 35.8 Å². The molecule has 1 saturated heterocycles. The largest absolute Gasteiger partial charge is 0.484 e. The molecule has 2 heterocycles. The Hall–Kier alpha value is -8.45. The number of nitrogens with two attached hydrogens (primary N) is 3. The fourth-order valence-corrected chi connectivity index (χ4v) is 13.3. The van der Waals surface area contributed by atoms with Crippen LogP contribution in [0.15, 0.2) is 91.9 Å². The number of rotatable bonds is 41. The van der Waals surface area contributed by atoms with Gasteiger partial charge in [0.1, 0.15) is 11.8 Å². The maximum atomic E-state index is 14.3. The lowest BCUT2D eigenvalue weighted by Gasteiger charge is -2.51. The van der Waals surface area contributed by atoms with Gasteiger partial charge in [0.2, 0.25) is 29.5 Å². The van der Waals surface area contributed by atoms with E-state index in [1.807, 2.05) is 36.4 Å². The van der Waals surface area contributed by atoms with E-state index in [1.165, 1.54) is 35.0 Å². The number of aryl methyl sites for hydroxylation is 1. The van der Waals surface area contributed by atoms with E-state index in [0.29, 0.717) is 62.4 Å². The smallest absolute Gasteiger partial charge is 0.422 e. The number of benzene rings is 4. The summed E-state index contributed by atoms with van der Waals surface area (Å²) in [5.41, 5.74) is 32.6. The number of nitrogens with zero attached hydrogens (tertiary/aromatic N) is 6. The first kappa shape index (κ1) is 72.4.